The van der Waals surface area contributed by atoms with Gasteiger partial charge in [0.25, 0.3) is 5.91 Å². The van der Waals surface area contributed by atoms with Crippen LogP contribution in [-0.4, -0.2) is 39.4 Å². The molecular formula is C22H24N4O3S. The molecule has 2 amide bonds. The molecule has 1 aromatic carbocycles. The van der Waals surface area contributed by atoms with Crippen LogP contribution in [0.15, 0.2) is 41.3 Å². The van der Waals surface area contributed by atoms with Crippen molar-refractivity contribution in [1.29, 1.82) is 0 Å². The summed E-state index contributed by atoms with van der Waals surface area (Å²) in [4.78, 5) is 43.2. The first-order valence-corrected chi connectivity index (χ1v) is 10.8. The maximum Gasteiger partial charge on any atom is 0.255 e. The molecule has 3 aromatic rings. The van der Waals surface area contributed by atoms with Gasteiger partial charge >= 0.3 is 0 Å². The molecule has 1 aliphatic heterocycles. The van der Waals surface area contributed by atoms with Crippen LogP contribution in [0, 0.1) is 12.8 Å². The molecule has 1 N–H and O–H groups in total. The summed E-state index contributed by atoms with van der Waals surface area (Å²) in [6, 6.07) is 8.72. The van der Waals surface area contributed by atoms with Crippen molar-refractivity contribution in [3.8, 4) is 0 Å². The third-order valence-corrected chi connectivity index (χ3v) is 6.33. The van der Waals surface area contributed by atoms with Crippen LogP contribution in [0.1, 0.15) is 34.6 Å². The number of anilines is 1. The minimum atomic E-state index is -0.147. The van der Waals surface area contributed by atoms with Crippen molar-refractivity contribution in [3.05, 3.63) is 57.5 Å². The quantitative estimate of drug-likeness (QED) is 0.697. The van der Waals surface area contributed by atoms with E-state index in [0.717, 1.165) is 33.8 Å². The van der Waals surface area contributed by atoms with Crippen LogP contribution in [0.2, 0.25) is 0 Å². The monoisotopic (exact) mass is 424 g/mol. The number of pyridine rings is 1. The van der Waals surface area contributed by atoms with Crippen LogP contribution in [0.4, 0.5) is 5.69 Å². The van der Waals surface area contributed by atoms with Gasteiger partial charge in [-0.3, -0.25) is 14.4 Å². The van der Waals surface area contributed by atoms with Gasteiger partial charge in [-0.2, -0.15) is 0 Å². The van der Waals surface area contributed by atoms with Crippen LogP contribution in [-0.2, 0) is 11.8 Å². The third-order valence-electron chi connectivity index (χ3n) is 5.39. The summed E-state index contributed by atoms with van der Waals surface area (Å²) in [7, 11) is 1.63. The van der Waals surface area contributed by atoms with E-state index < -0.39 is 0 Å². The van der Waals surface area contributed by atoms with Gasteiger partial charge < -0.3 is 14.8 Å². The highest BCUT2D eigenvalue weighted by Gasteiger charge is 2.26. The predicted molar refractivity (Wildman–Crippen MR) is 118 cm³/mol. The van der Waals surface area contributed by atoms with E-state index in [1.165, 1.54) is 10.6 Å². The van der Waals surface area contributed by atoms with Crippen molar-refractivity contribution in [3.63, 3.8) is 0 Å². The van der Waals surface area contributed by atoms with E-state index in [2.05, 4.69) is 10.3 Å². The molecule has 8 heteroatoms. The van der Waals surface area contributed by atoms with Crippen molar-refractivity contribution in [2.24, 2.45) is 13.0 Å². The first-order chi connectivity index (χ1) is 14.4. The fraction of sp³-hybridized carbons (Fsp3) is 0.364. The summed E-state index contributed by atoms with van der Waals surface area (Å²) in [6.07, 6.45) is 3.72. The molecule has 1 saturated heterocycles. The third kappa shape index (κ3) is 4.43. The standard InChI is InChI=1S/C22H24N4O3S/c1-14-23-18-7-6-17(11-19(18)30-14)24-20(27)10-15-4-3-9-26(12-15)22(29)16-5-8-21(28)25(2)13-16/h5-8,11,13,15H,3-4,9-10,12H2,1-2H3,(H,24,27)/t15-/m0/s1. The fourth-order valence-corrected chi connectivity index (χ4v) is 4.78. The van der Waals surface area contributed by atoms with Crippen molar-refractivity contribution in [1.82, 2.24) is 14.5 Å². The Morgan fingerprint density at radius 1 is 1.27 bits per heavy atom. The number of benzene rings is 1. The van der Waals surface area contributed by atoms with Crippen LogP contribution in [0.3, 0.4) is 0 Å². The van der Waals surface area contributed by atoms with Gasteiger partial charge in [0.2, 0.25) is 11.5 Å². The Balaban J connectivity index is 1.37. The lowest BCUT2D eigenvalue weighted by molar-refractivity contribution is -0.117. The molecule has 0 saturated carbocycles. The van der Waals surface area contributed by atoms with E-state index in [4.69, 9.17) is 0 Å². The van der Waals surface area contributed by atoms with Crippen LogP contribution in [0.25, 0.3) is 10.2 Å². The molecule has 1 fully saturated rings. The summed E-state index contributed by atoms with van der Waals surface area (Å²) in [5.41, 5.74) is 2.06. The van der Waals surface area contributed by atoms with Crippen molar-refractivity contribution >= 4 is 39.1 Å². The van der Waals surface area contributed by atoms with Crippen LogP contribution in [0.5, 0.6) is 0 Å². The average Bonchev–Trinajstić information content (AvgIpc) is 3.09. The topological polar surface area (TPSA) is 84.3 Å². The molecule has 30 heavy (non-hydrogen) atoms. The highest BCUT2D eigenvalue weighted by atomic mass is 32.1. The van der Waals surface area contributed by atoms with Crippen molar-refractivity contribution < 1.29 is 9.59 Å². The Kier molecular flexibility index (Phi) is 5.67. The molecule has 1 atom stereocenters. The van der Waals surface area contributed by atoms with Crippen molar-refractivity contribution in [2.75, 3.05) is 18.4 Å². The number of aryl methyl sites for hydroxylation is 2. The molecule has 0 radical (unpaired) electrons. The number of amides is 2. The average molecular weight is 425 g/mol. The van der Waals surface area contributed by atoms with Crippen LogP contribution < -0.4 is 10.9 Å². The molecule has 1 aliphatic rings. The van der Waals surface area contributed by atoms with Crippen molar-refractivity contribution in [2.45, 2.75) is 26.2 Å². The number of nitrogens with one attached hydrogen (secondary N) is 1. The zero-order chi connectivity index (χ0) is 21.3. The van der Waals surface area contributed by atoms with E-state index in [9.17, 15) is 14.4 Å². The van der Waals surface area contributed by atoms with E-state index >= 15 is 0 Å². The van der Waals surface area contributed by atoms with E-state index in [1.807, 2.05) is 25.1 Å². The number of hydrogen-bond acceptors (Lipinski definition) is 5. The zero-order valence-corrected chi connectivity index (χ0v) is 17.9. The lowest BCUT2D eigenvalue weighted by Crippen LogP contribution is -2.41. The summed E-state index contributed by atoms with van der Waals surface area (Å²) in [6.45, 7) is 3.18. The number of aromatic nitrogens is 2. The summed E-state index contributed by atoms with van der Waals surface area (Å²) < 4.78 is 2.46. The SMILES string of the molecule is Cc1nc2ccc(NC(=O)C[C@@H]3CCCN(C(=O)c4ccc(=O)n(C)c4)C3)cc2s1. The summed E-state index contributed by atoms with van der Waals surface area (Å²) >= 11 is 1.60. The number of fused-ring (bicyclic) bond motifs is 1. The number of likely N-dealkylation sites (tertiary alicyclic amines) is 1. The Morgan fingerprint density at radius 3 is 2.90 bits per heavy atom. The second kappa shape index (κ2) is 8.39. The smallest absolute Gasteiger partial charge is 0.255 e. The second-order valence-electron chi connectivity index (χ2n) is 7.79. The fourth-order valence-electron chi connectivity index (χ4n) is 3.91. The number of carbonyl (C=O) groups is 2. The molecule has 0 spiro atoms. The second-order valence-corrected chi connectivity index (χ2v) is 9.03. The largest absolute Gasteiger partial charge is 0.338 e. The molecular weight excluding hydrogens is 400 g/mol. The zero-order valence-electron chi connectivity index (χ0n) is 17.1. The van der Waals surface area contributed by atoms with Gasteiger partial charge in [-0.1, -0.05) is 0 Å². The highest BCUT2D eigenvalue weighted by molar-refractivity contribution is 7.18. The summed E-state index contributed by atoms with van der Waals surface area (Å²) in [5.74, 6) is -0.0247. The lowest BCUT2D eigenvalue weighted by atomic mass is 9.94. The van der Waals surface area contributed by atoms with Gasteiger partial charge in [0.15, 0.2) is 0 Å². The molecule has 4 rings (SSSR count). The lowest BCUT2D eigenvalue weighted by Gasteiger charge is -2.32. The van der Waals surface area contributed by atoms with Crippen LogP contribution >= 0.6 is 11.3 Å². The first-order valence-electron chi connectivity index (χ1n) is 10.0. The van der Waals surface area contributed by atoms with E-state index in [1.54, 1.807) is 35.5 Å². The maximum atomic E-state index is 12.8. The Labute approximate surface area is 178 Å². The van der Waals surface area contributed by atoms with Gasteiger partial charge in [0.1, 0.15) is 0 Å². The predicted octanol–water partition coefficient (Wildman–Crippen LogP) is 3.18. The number of piperidine rings is 1. The number of carbonyl (C=O) groups excluding carboxylic acids is 2. The van der Waals surface area contributed by atoms with Gasteiger partial charge in [0, 0.05) is 44.5 Å². The number of rotatable bonds is 4. The minimum absolute atomic E-state index is 0.0444. The Morgan fingerprint density at radius 2 is 2.10 bits per heavy atom. The van der Waals surface area contributed by atoms with Gasteiger partial charge in [-0.25, -0.2) is 4.98 Å². The number of thiazole rings is 1. The number of nitrogens with zero attached hydrogens (tertiary/aromatic N) is 3. The number of hydrogen-bond donors (Lipinski definition) is 1. The van der Waals surface area contributed by atoms with E-state index in [0.29, 0.717) is 25.1 Å². The normalized spacial score (nSPS) is 16.6. The summed E-state index contributed by atoms with van der Waals surface area (Å²) in [5, 5.41) is 3.98. The Bertz CT molecular complexity index is 1170. The maximum absolute atomic E-state index is 12.8. The van der Waals surface area contributed by atoms with Gasteiger partial charge in [-0.15, -0.1) is 11.3 Å². The van der Waals surface area contributed by atoms with Gasteiger partial charge in [0.05, 0.1) is 20.8 Å². The molecule has 0 aliphatic carbocycles. The molecule has 7 nitrogen and oxygen atoms in total. The molecule has 2 aromatic heterocycles. The molecule has 0 bridgehead atoms. The Hall–Kier alpha value is -3.00. The highest BCUT2D eigenvalue weighted by Crippen LogP contribution is 2.26. The molecule has 3 heterocycles. The molecule has 0 unspecified atom stereocenters. The molecule has 156 valence electrons. The van der Waals surface area contributed by atoms with E-state index in [-0.39, 0.29) is 23.3 Å². The minimum Gasteiger partial charge on any atom is -0.338 e. The first kappa shape index (κ1) is 20.3. The van der Waals surface area contributed by atoms with Gasteiger partial charge in [-0.05, 0) is 49.9 Å².